The molecule has 98 valence electrons. The molecule has 1 aromatic rings. The topological polar surface area (TPSA) is 83.5 Å². The van der Waals surface area contributed by atoms with Crippen LogP contribution in [0.4, 0.5) is 0 Å². The maximum absolute atomic E-state index is 11.7. The normalized spacial score (nSPS) is 13.7. The molecule has 2 N–H and O–H groups in total. The minimum Gasteiger partial charge on any atom is -0.478 e. The van der Waals surface area contributed by atoms with E-state index in [1.165, 1.54) is 24.3 Å². The van der Waals surface area contributed by atoms with Crippen molar-refractivity contribution >= 4 is 22.7 Å². The van der Waals surface area contributed by atoms with Crippen molar-refractivity contribution in [3.8, 4) is 0 Å². The quantitative estimate of drug-likeness (QED) is 0.831. The molecule has 0 radical (unpaired) electrons. The fraction of sp³-hybridized carbons (Fsp3) is 0.333. The van der Waals surface area contributed by atoms with E-state index in [-0.39, 0.29) is 22.3 Å². The third-order valence-electron chi connectivity index (χ3n) is 2.49. The smallest absolute Gasteiger partial charge is 0.335 e. The lowest BCUT2D eigenvalue weighted by Crippen LogP contribution is -2.32. The van der Waals surface area contributed by atoms with Gasteiger partial charge in [0.15, 0.2) is 0 Å². The van der Waals surface area contributed by atoms with Gasteiger partial charge < -0.3 is 10.4 Å². The Morgan fingerprint density at radius 2 is 2.00 bits per heavy atom. The number of rotatable bonds is 5. The first-order chi connectivity index (χ1) is 8.41. The van der Waals surface area contributed by atoms with E-state index in [4.69, 9.17) is 5.11 Å². The maximum Gasteiger partial charge on any atom is 0.335 e. The van der Waals surface area contributed by atoms with Crippen LogP contribution in [0.15, 0.2) is 24.3 Å². The largest absolute Gasteiger partial charge is 0.478 e. The van der Waals surface area contributed by atoms with Crippen molar-refractivity contribution in [1.82, 2.24) is 5.32 Å². The average Bonchev–Trinajstić information content (AvgIpc) is 2.35. The molecule has 5 nitrogen and oxygen atoms in total. The second-order valence-corrected chi connectivity index (χ2v) is 5.71. The summed E-state index contributed by atoms with van der Waals surface area (Å²) >= 11 is 0. The Kier molecular flexibility index (Phi) is 5.03. The molecule has 1 rings (SSSR count). The van der Waals surface area contributed by atoms with Gasteiger partial charge in [-0.3, -0.25) is 9.00 Å². The van der Waals surface area contributed by atoms with Crippen molar-refractivity contribution < 1.29 is 18.9 Å². The number of amides is 1. The van der Waals surface area contributed by atoms with Crippen LogP contribution in [-0.4, -0.2) is 39.2 Å². The van der Waals surface area contributed by atoms with Gasteiger partial charge >= 0.3 is 5.97 Å². The summed E-state index contributed by atoms with van der Waals surface area (Å²) < 4.78 is 11.1. The van der Waals surface area contributed by atoms with E-state index in [1.807, 2.05) is 0 Å². The summed E-state index contributed by atoms with van der Waals surface area (Å²) in [5, 5.41) is 11.3. The molecule has 2 atom stereocenters. The van der Waals surface area contributed by atoms with Gasteiger partial charge in [0.05, 0.1) is 5.56 Å². The van der Waals surface area contributed by atoms with Crippen molar-refractivity contribution in [3.05, 3.63) is 35.4 Å². The molecule has 6 heteroatoms. The van der Waals surface area contributed by atoms with Gasteiger partial charge in [-0.15, -0.1) is 0 Å². The number of aromatic carboxylic acids is 1. The van der Waals surface area contributed by atoms with Gasteiger partial charge in [-0.1, -0.05) is 6.07 Å². The first kappa shape index (κ1) is 14.4. The Labute approximate surface area is 108 Å². The van der Waals surface area contributed by atoms with Gasteiger partial charge in [0.2, 0.25) is 0 Å². The molecular weight excluding hydrogens is 254 g/mol. The Morgan fingerprint density at radius 1 is 1.39 bits per heavy atom. The van der Waals surface area contributed by atoms with Crippen molar-refractivity contribution in [2.24, 2.45) is 0 Å². The van der Waals surface area contributed by atoms with Crippen LogP contribution in [0.3, 0.4) is 0 Å². The predicted molar refractivity (Wildman–Crippen MR) is 69.3 cm³/mol. The average molecular weight is 269 g/mol. The van der Waals surface area contributed by atoms with Crippen LogP contribution in [0.5, 0.6) is 0 Å². The number of benzene rings is 1. The molecule has 18 heavy (non-hydrogen) atoms. The van der Waals surface area contributed by atoms with Crippen LogP contribution in [-0.2, 0) is 10.8 Å². The number of carbonyl (C=O) groups is 2. The summed E-state index contributed by atoms with van der Waals surface area (Å²) in [7, 11) is -1.00. The number of hydrogen-bond acceptors (Lipinski definition) is 3. The van der Waals surface area contributed by atoms with Crippen molar-refractivity contribution in [2.75, 3.05) is 12.8 Å². The Hall–Kier alpha value is -1.69. The second-order valence-electron chi connectivity index (χ2n) is 3.91. The highest BCUT2D eigenvalue weighted by atomic mass is 32.2. The van der Waals surface area contributed by atoms with Crippen LogP contribution < -0.4 is 5.32 Å². The molecule has 0 saturated heterocycles. The van der Waals surface area contributed by atoms with Gasteiger partial charge in [-0.05, 0) is 25.1 Å². The minimum atomic E-state index is -1.08. The van der Waals surface area contributed by atoms with Crippen LogP contribution >= 0.6 is 0 Å². The molecule has 0 heterocycles. The van der Waals surface area contributed by atoms with E-state index in [0.29, 0.717) is 6.54 Å². The highest BCUT2D eigenvalue weighted by Gasteiger charge is 2.11. The molecular formula is C12H15NO4S. The van der Waals surface area contributed by atoms with Crippen LogP contribution in [0.1, 0.15) is 27.6 Å². The number of nitrogens with one attached hydrogen (secondary N) is 1. The summed E-state index contributed by atoms with van der Waals surface area (Å²) in [5.74, 6) is -1.44. The number of hydrogen-bond donors (Lipinski definition) is 2. The molecule has 0 aliphatic heterocycles. The third kappa shape index (κ3) is 3.96. The van der Waals surface area contributed by atoms with E-state index in [0.717, 1.165) is 0 Å². The molecule has 1 aromatic carbocycles. The number of carboxylic acid groups (broad SMARTS) is 1. The number of carboxylic acids is 1. The highest BCUT2D eigenvalue weighted by Crippen LogP contribution is 2.05. The van der Waals surface area contributed by atoms with E-state index < -0.39 is 16.8 Å². The van der Waals surface area contributed by atoms with Gasteiger partial charge in [0.1, 0.15) is 0 Å². The van der Waals surface area contributed by atoms with Crippen molar-refractivity contribution in [2.45, 2.75) is 12.2 Å². The summed E-state index contributed by atoms with van der Waals surface area (Å²) in [4.78, 5) is 22.5. The summed E-state index contributed by atoms with van der Waals surface area (Å²) in [6.45, 7) is 2.06. The number of carbonyl (C=O) groups excluding carboxylic acids is 1. The van der Waals surface area contributed by atoms with Crippen molar-refractivity contribution in [1.29, 1.82) is 0 Å². The van der Waals surface area contributed by atoms with Crippen LogP contribution in [0.25, 0.3) is 0 Å². The first-order valence-corrected chi connectivity index (χ1v) is 6.97. The molecule has 0 bridgehead atoms. The molecule has 0 saturated carbocycles. The molecule has 0 aliphatic rings. The first-order valence-electron chi connectivity index (χ1n) is 5.35. The van der Waals surface area contributed by atoms with E-state index >= 15 is 0 Å². The molecule has 0 spiro atoms. The maximum atomic E-state index is 11.7. The van der Waals surface area contributed by atoms with Gasteiger partial charge in [0.25, 0.3) is 5.91 Å². The lowest BCUT2D eigenvalue weighted by molar-refractivity contribution is 0.0697. The fourth-order valence-electron chi connectivity index (χ4n) is 1.25. The Bertz CT molecular complexity index is 487. The zero-order valence-electron chi connectivity index (χ0n) is 10.2. The summed E-state index contributed by atoms with van der Waals surface area (Å²) in [6.07, 6.45) is 1.57. The lowest BCUT2D eigenvalue weighted by atomic mass is 10.1. The van der Waals surface area contributed by atoms with Gasteiger partial charge in [-0.25, -0.2) is 4.79 Å². The van der Waals surface area contributed by atoms with Gasteiger partial charge in [0, 0.05) is 34.4 Å². The molecule has 2 unspecified atom stereocenters. The van der Waals surface area contributed by atoms with E-state index in [9.17, 15) is 13.8 Å². The highest BCUT2D eigenvalue weighted by molar-refractivity contribution is 7.84. The fourth-order valence-corrected chi connectivity index (χ4v) is 1.57. The molecule has 0 aromatic heterocycles. The Morgan fingerprint density at radius 3 is 2.56 bits per heavy atom. The second kappa shape index (κ2) is 6.30. The van der Waals surface area contributed by atoms with Crippen molar-refractivity contribution in [3.63, 3.8) is 0 Å². The predicted octanol–water partition coefficient (Wildman–Crippen LogP) is 0.882. The zero-order chi connectivity index (χ0) is 13.7. The van der Waals surface area contributed by atoms with E-state index in [2.05, 4.69) is 5.32 Å². The Balaban J connectivity index is 2.70. The lowest BCUT2D eigenvalue weighted by Gasteiger charge is -2.10. The molecule has 0 aliphatic carbocycles. The monoisotopic (exact) mass is 269 g/mol. The van der Waals surface area contributed by atoms with Crippen LogP contribution in [0.2, 0.25) is 0 Å². The summed E-state index contributed by atoms with van der Waals surface area (Å²) in [6, 6.07) is 5.78. The van der Waals surface area contributed by atoms with Crippen LogP contribution in [0, 0.1) is 0 Å². The minimum absolute atomic E-state index is 0.0646. The van der Waals surface area contributed by atoms with E-state index in [1.54, 1.807) is 13.2 Å². The SMILES string of the molecule is CC(CNC(=O)c1cccc(C(=O)O)c1)S(C)=O. The molecule has 1 amide bonds. The molecule has 0 fully saturated rings. The van der Waals surface area contributed by atoms with Gasteiger partial charge in [-0.2, -0.15) is 0 Å². The zero-order valence-corrected chi connectivity index (χ0v) is 11.0. The standard InChI is InChI=1S/C12H15NO4S/c1-8(18(2)17)7-13-11(14)9-4-3-5-10(6-9)12(15)16/h3-6,8H,7H2,1-2H3,(H,13,14)(H,15,16). The summed E-state index contributed by atoms with van der Waals surface area (Å²) in [5.41, 5.74) is 0.346. The third-order valence-corrected chi connectivity index (χ3v) is 3.79.